The lowest BCUT2D eigenvalue weighted by Gasteiger charge is -2.49. The molecule has 0 aromatic heterocycles. The molecule has 0 spiro atoms. The molecule has 2 amide bonds. The normalized spacial score (nSPS) is 24.8. The molecule has 1 aliphatic rings. The number of carbonyl (C=O) groups is 2. The summed E-state index contributed by atoms with van der Waals surface area (Å²) in [5, 5.41) is 13.2. The molecule has 2 N–H and O–H groups in total. The van der Waals surface area contributed by atoms with E-state index in [1.54, 1.807) is 6.07 Å². The van der Waals surface area contributed by atoms with Gasteiger partial charge in [-0.3, -0.25) is 9.69 Å². The van der Waals surface area contributed by atoms with Gasteiger partial charge in [0.2, 0.25) is 0 Å². The third kappa shape index (κ3) is 3.42. The number of rotatable bonds is 4. The molecule has 2 aromatic rings. The summed E-state index contributed by atoms with van der Waals surface area (Å²) in [5.74, 6) is -2.54. The van der Waals surface area contributed by atoms with Crippen LogP contribution in [-0.2, 0) is 0 Å². The monoisotopic (exact) mass is 408 g/mol. The smallest absolute Gasteiger partial charge is 0.437 e. The number of methoxy groups -OCH3 is 1. The van der Waals surface area contributed by atoms with E-state index < -0.39 is 35.7 Å². The molecule has 1 aliphatic heterocycles. The Balaban J connectivity index is 2.18. The highest BCUT2D eigenvalue weighted by atomic mass is 19.4. The number of benzene rings is 2. The number of nitrogens with zero attached hydrogens (tertiary/aromatic N) is 1. The quantitative estimate of drug-likeness (QED) is 0.762. The van der Waals surface area contributed by atoms with Crippen LogP contribution in [0, 0.1) is 5.92 Å². The molecule has 0 saturated carbocycles. The van der Waals surface area contributed by atoms with Crippen LogP contribution < -0.4 is 10.1 Å². The molecule has 6 nitrogen and oxygen atoms in total. The molecule has 154 valence electrons. The predicted molar refractivity (Wildman–Crippen MR) is 97.3 cm³/mol. The summed E-state index contributed by atoms with van der Waals surface area (Å²) < 4.78 is 47.2. The minimum Gasteiger partial charge on any atom is -0.497 e. The Kier molecular flexibility index (Phi) is 5.27. The van der Waals surface area contributed by atoms with Crippen molar-refractivity contribution in [2.24, 2.45) is 5.92 Å². The lowest BCUT2D eigenvalue weighted by molar-refractivity contribution is -0.322. The van der Waals surface area contributed by atoms with Crippen LogP contribution >= 0.6 is 0 Å². The van der Waals surface area contributed by atoms with Gasteiger partial charge in [-0.05, 0) is 17.7 Å². The second-order valence-electron chi connectivity index (χ2n) is 6.69. The molecule has 2 aromatic carbocycles. The lowest BCUT2D eigenvalue weighted by atomic mass is 9.76. The summed E-state index contributed by atoms with van der Waals surface area (Å²) in [6.45, 7) is 0. The van der Waals surface area contributed by atoms with Gasteiger partial charge in [0.25, 0.3) is 5.72 Å². The number of carbonyl (C=O) groups excluding carboxylic acids is 2. The van der Waals surface area contributed by atoms with E-state index in [9.17, 15) is 27.9 Å². The van der Waals surface area contributed by atoms with Crippen molar-refractivity contribution in [1.29, 1.82) is 0 Å². The Morgan fingerprint density at radius 2 is 1.72 bits per heavy atom. The second kappa shape index (κ2) is 7.40. The van der Waals surface area contributed by atoms with Gasteiger partial charge in [-0.15, -0.1) is 0 Å². The molecule has 0 radical (unpaired) electrons. The molecular formula is C20H19F3N2O4. The molecular weight excluding hydrogens is 389 g/mol. The Hall–Kier alpha value is -3.07. The van der Waals surface area contributed by atoms with E-state index in [1.807, 2.05) is 0 Å². The van der Waals surface area contributed by atoms with Crippen molar-refractivity contribution in [2.75, 3.05) is 14.2 Å². The lowest BCUT2D eigenvalue weighted by Crippen LogP contribution is -2.72. The van der Waals surface area contributed by atoms with Gasteiger partial charge in [-0.25, -0.2) is 4.79 Å². The Labute approximate surface area is 164 Å². The largest absolute Gasteiger partial charge is 0.497 e. The van der Waals surface area contributed by atoms with Crippen molar-refractivity contribution >= 4 is 11.8 Å². The number of aliphatic hydroxyl groups is 1. The highest BCUT2D eigenvalue weighted by Gasteiger charge is 2.69. The number of nitrogens with one attached hydrogen (secondary N) is 1. The van der Waals surface area contributed by atoms with Crippen LogP contribution in [-0.4, -0.2) is 47.9 Å². The van der Waals surface area contributed by atoms with E-state index >= 15 is 0 Å². The maximum Gasteiger partial charge on any atom is 0.437 e. The van der Waals surface area contributed by atoms with Crippen LogP contribution in [0.4, 0.5) is 18.0 Å². The molecule has 9 heteroatoms. The van der Waals surface area contributed by atoms with Crippen molar-refractivity contribution in [3.8, 4) is 5.75 Å². The van der Waals surface area contributed by atoms with Gasteiger partial charge < -0.3 is 15.2 Å². The zero-order chi connectivity index (χ0) is 21.4. The first kappa shape index (κ1) is 20.7. The number of hydrogen-bond donors (Lipinski definition) is 2. The van der Waals surface area contributed by atoms with Crippen LogP contribution in [0.2, 0.25) is 0 Å². The summed E-state index contributed by atoms with van der Waals surface area (Å²) in [4.78, 5) is 25.6. The van der Waals surface area contributed by atoms with Crippen LogP contribution in [0.3, 0.4) is 0 Å². The molecule has 3 atom stereocenters. The second-order valence-corrected chi connectivity index (χ2v) is 6.69. The van der Waals surface area contributed by atoms with Gasteiger partial charge in [0.1, 0.15) is 11.7 Å². The number of ether oxygens (including phenoxy) is 1. The summed E-state index contributed by atoms with van der Waals surface area (Å²) in [5.41, 5.74) is -3.49. The van der Waals surface area contributed by atoms with Gasteiger partial charge in [0.15, 0.2) is 5.78 Å². The van der Waals surface area contributed by atoms with Crippen molar-refractivity contribution in [3.05, 3.63) is 65.7 Å². The summed E-state index contributed by atoms with van der Waals surface area (Å²) >= 11 is 0. The number of urea groups is 1. The van der Waals surface area contributed by atoms with E-state index in [4.69, 9.17) is 4.74 Å². The van der Waals surface area contributed by atoms with E-state index in [2.05, 4.69) is 5.32 Å². The topological polar surface area (TPSA) is 78.9 Å². The van der Waals surface area contributed by atoms with E-state index in [0.717, 1.165) is 7.05 Å². The molecule has 29 heavy (non-hydrogen) atoms. The first-order valence-corrected chi connectivity index (χ1v) is 8.68. The first-order valence-electron chi connectivity index (χ1n) is 8.68. The summed E-state index contributed by atoms with van der Waals surface area (Å²) in [6.07, 6.45) is -5.28. The highest BCUT2D eigenvalue weighted by molar-refractivity contribution is 6.00. The summed E-state index contributed by atoms with van der Waals surface area (Å²) in [6, 6.07) is 10.7. The summed E-state index contributed by atoms with van der Waals surface area (Å²) in [7, 11) is 2.23. The predicted octanol–water partition coefficient (Wildman–Crippen LogP) is 3.14. The fourth-order valence-corrected chi connectivity index (χ4v) is 3.48. The Bertz CT molecular complexity index is 902. The van der Waals surface area contributed by atoms with Crippen molar-refractivity contribution < 1.29 is 32.6 Å². The van der Waals surface area contributed by atoms with Gasteiger partial charge in [-0.1, -0.05) is 42.5 Å². The number of Topliss-reactive ketones (excluding diaryl/α,β-unsaturated/α-hetero) is 1. The van der Waals surface area contributed by atoms with Crippen LogP contribution in [0.1, 0.15) is 22.0 Å². The number of alkyl halides is 3. The maximum atomic E-state index is 14.0. The molecule has 0 bridgehead atoms. The van der Waals surface area contributed by atoms with Crippen molar-refractivity contribution in [2.45, 2.75) is 17.9 Å². The maximum absolute atomic E-state index is 14.0. The number of halogens is 3. The minimum absolute atomic E-state index is 0.0109. The third-order valence-corrected chi connectivity index (χ3v) is 5.09. The van der Waals surface area contributed by atoms with Gasteiger partial charge in [0, 0.05) is 12.6 Å². The van der Waals surface area contributed by atoms with Crippen molar-refractivity contribution in [3.63, 3.8) is 0 Å². The number of hydrogen-bond acceptors (Lipinski definition) is 4. The molecule has 1 fully saturated rings. The SMILES string of the molecule is COc1ccc([C@@H]2NC(=O)N(C)[C@](O)(C(F)(F)F)[C@@H]2C(=O)c2ccccc2)cc1. The van der Waals surface area contributed by atoms with Crippen LogP contribution in [0.5, 0.6) is 5.75 Å². The average molecular weight is 408 g/mol. The number of ketones is 1. The van der Waals surface area contributed by atoms with Gasteiger partial charge >= 0.3 is 12.2 Å². The van der Waals surface area contributed by atoms with Gasteiger partial charge in [0.05, 0.1) is 13.2 Å². The van der Waals surface area contributed by atoms with Crippen LogP contribution in [0.25, 0.3) is 0 Å². The zero-order valence-corrected chi connectivity index (χ0v) is 15.6. The van der Waals surface area contributed by atoms with Gasteiger partial charge in [-0.2, -0.15) is 13.2 Å². The highest BCUT2D eigenvalue weighted by Crippen LogP contribution is 2.47. The molecule has 1 saturated heterocycles. The average Bonchev–Trinajstić information content (AvgIpc) is 2.71. The first-order chi connectivity index (χ1) is 13.6. The molecule has 3 rings (SSSR count). The Morgan fingerprint density at radius 3 is 2.24 bits per heavy atom. The van der Waals surface area contributed by atoms with E-state index in [1.165, 1.54) is 55.6 Å². The third-order valence-electron chi connectivity index (χ3n) is 5.09. The molecule has 0 aliphatic carbocycles. The van der Waals surface area contributed by atoms with Crippen molar-refractivity contribution in [1.82, 2.24) is 10.2 Å². The standard InChI is InChI=1S/C20H19F3N2O4/c1-25-18(27)24-16(12-8-10-14(29-2)11-9-12)15(19(25,28)20(21,22)23)17(26)13-6-4-3-5-7-13/h3-11,15-16,28H,1-2H3,(H,24,27)/t15-,16-,19+/m0/s1. The number of amides is 2. The van der Waals surface area contributed by atoms with E-state index in [0.29, 0.717) is 5.75 Å². The minimum atomic E-state index is -5.28. The molecule has 0 unspecified atom stereocenters. The Morgan fingerprint density at radius 1 is 1.14 bits per heavy atom. The fourth-order valence-electron chi connectivity index (χ4n) is 3.48. The fraction of sp³-hybridized carbons (Fsp3) is 0.300. The van der Waals surface area contributed by atoms with E-state index in [-0.39, 0.29) is 16.0 Å². The zero-order valence-electron chi connectivity index (χ0n) is 15.6. The molecule has 1 heterocycles. The van der Waals surface area contributed by atoms with Crippen LogP contribution in [0.15, 0.2) is 54.6 Å².